The maximum atomic E-state index is 13.7. The SMILES string of the molecule is C=C(F)C(=O)N1CCN(c2nc(OC[C@@H]3CCCN3C)nc3c2CN(Cc2c(Cl)ccnc2N)C3)C[C@@H]1CC#N.C=C(F)C(=O)N1CCN(c2nc(OC[C@@H]3CCCN3C)nc3c2CN(Cc2nc(N)cc(C)c2Cl)C3)C[C@@H]1CC#N. The molecule has 0 spiro atoms. The third-order valence-electron chi connectivity index (χ3n) is 16.0. The second-order valence-corrected chi connectivity index (χ2v) is 22.3. The number of hydrogen-bond donors (Lipinski definition) is 2. The van der Waals surface area contributed by atoms with Gasteiger partial charge in [0.2, 0.25) is 0 Å². The molecule has 4 atom stereocenters. The fourth-order valence-electron chi connectivity index (χ4n) is 11.6. The van der Waals surface area contributed by atoms with Gasteiger partial charge < -0.3 is 50.3 Å². The number of ether oxygens (including phenoxy) is 2. The van der Waals surface area contributed by atoms with E-state index < -0.39 is 35.6 Å². The highest BCUT2D eigenvalue weighted by Crippen LogP contribution is 2.37. The van der Waals surface area contributed by atoms with E-state index in [-0.39, 0.29) is 25.9 Å². The van der Waals surface area contributed by atoms with Crippen molar-refractivity contribution in [1.29, 1.82) is 10.5 Å². The lowest BCUT2D eigenvalue weighted by atomic mass is 10.1. The Morgan fingerprint density at radius 3 is 1.65 bits per heavy atom. The molecule has 6 aliphatic heterocycles. The second kappa shape index (κ2) is 25.8. The molecule has 4 N–H and O–H groups in total. The number of nitrogen functional groups attached to an aromatic ring is 2. The Bertz CT molecular complexity index is 3110. The van der Waals surface area contributed by atoms with Crippen LogP contribution in [0.4, 0.5) is 32.1 Å². The first kappa shape index (κ1) is 58.6. The van der Waals surface area contributed by atoms with Crippen molar-refractivity contribution in [2.45, 2.75) is 109 Å². The summed E-state index contributed by atoms with van der Waals surface area (Å²) in [4.78, 5) is 68.5. The monoisotopic (exact) mass is 1150 g/mol. The van der Waals surface area contributed by atoms with Gasteiger partial charge in [0.25, 0.3) is 11.8 Å². The number of fused-ring (bicyclic) bond motifs is 2. The fourth-order valence-corrected chi connectivity index (χ4v) is 12.0. The van der Waals surface area contributed by atoms with E-state index in [4.69, 9.17) is 64.1 Å². The summed E-state index contributed by atoms with van der Waals surface area (Å²) >= 11 is 13.0. The summed E-state index contributed by atoms with van der Waals surface area (Å²) in [7, 11) is 4.18. The molecule has 81 heavy (non-hydrogen) atoms. The van der Waals surface area contributed by atoms with Crippen LogP contribution in [0, 0.1) is 29.6 Å². The van der Waals surface area contributed by atoms with E-state index in [2.05, 4.69) is 69.0 Å². The van der Waals surface area contributed by atoms with E-state index in [0.29, 0.717) is 142 Å². The molecule has 0 aromatic carbocycles. The van der Waals surface area contributed by atoms with Crippen LogP contribution in [0.25, 0.3) is 0 Å². The fraction of sp³-hybridized carbons (Fsp3) is 0.527. The number of amides is 2. The first-order valence-electron chi connectivity index (χ1n) is 27.1. The highest BCUT2D eigenvalue weighted by Gasteiger charge is 2.38. The molecule has 2 amide bonds. The van der Waals surface area contributed by atoms with Gasteiger partial charge in [0, 0.05) is 114 Å². The van der Waals surface area contributed by atoms with Gasteiger partial charge in [0.15, 0.2) is 11.7 Å². The van der Waals surface area contributed by atoms with Crippen molar-refractivity contribution < 1.29 is 27.8 Å². The Hall–Kier alpha value is -7.06. The van der Waals surface area contributed by atoms with Crippen LogP contribution in [0.15, 0.2) is 43.1 Å². The Kier molecular flexibility index (Phi) is 18.7. The normalized spacial score (nSPS) is 21.2. The van der Waals surface area contributed by atoms with Crippen LogP contribution in [0.3, 0.4) is 0 Å². The Balaban J connectivity index is 0.000000196. The molecule has 10 heterocycles. The first-order chi connectivity index (χ1) is 38.9. The molecule has 0 radical (unpaired) electrons. The smallest absolute Gasteiger partial charge is 0.318 e. The zero-order valence-corrected chi connectivity index (χ0v) is 47.5. The average molecular weight is 1150 g/mol. The quantitative estimate of drug-likeness (QED) is 0.134. The molecule has 0 aliphatic carbocycles. The molecule has 6 aliphatic rings. The summed E-state index contributed by atoms with van der Waals surface area (Å²) in [5.74, 6) is -1.43. The van der Waals surface area contributed by atoms with Gasteiger partial charge in [-0.2, -0.15) is 30.5 Å². The largest absolute Gasteiger partial charge is 0.462 e. The van der Waals surface area contributed by atoms with Crippen LogP contribution in [0.2, 0.25) is 10.0 Å². The molecule has 26 heteroatoms. The number of hydrogen-bond acceptors (Lipinski definition) is 20. The standard InChI is InChI=1S/C28H35ClFN9O2.C27H33ClFN9O2/c1-17-11-24(32)33-23(25(17)29)15-37-13-21-22(14-37)34-28(41-16-20-5-4-8-36(20)3)35-26(21)38-9-10-39(27(40)18(2)30)19(12-38)6-7-31;1-17(29)26(39)38-11-10-37(12-18(38)5-7-30)25-21-14-36(13-20-22(28)6-8-32-24(20)31)15-23(21)33-27(34-25)40-16-19-4-3-9-35(19)2/h11,19-20H,2,4-6,8-10,12-16H2,1,3H3,(H2,32,33);6,8,18-19H,1,3-5,9-16H2,2H3,(H2,31,32)/t19-,20-;18-,19-/m00/s1. The van der Waals surface area contributed by atoms with Gasteiger partial charge >= 0.3 is 12.0 Å². The maximum Gasteiger partial charge on any atom is 0.318 e. The minimum atomic E-state index is -1.03. The van der Waals surface area contributed by atoms with Crippen molar-refractivity contribution in [2.75, 3.05) is 101 Å². The lowest BCUT2D eigenvalue weighted by Gasteiger charge is -2.41. The first-order valence-corrected chi connectivity index (χ1v) is 27.9. The molecular formula is C55H68Cl2F2N18O4. The second-order valence-electron chi connectivity index (χ2n) is 21.5. The number of anilines is 4. The lowest BCUT2D eigenvalue weighted by Crippen LogP contribution is -2.55. The number of nitrogens with zero attached hydrogens (tertiary/aromatic N) is 16. The molecular weight excluding hydrogens is 1090 g/mol. The molecule has 4 aromatic rings. The average Bonchev–Trinajstić information content (AvgIpc) is 4.36. The number of carbonyl (C=O) groups excluding carboxylic acids is 2. The summed E-state index contributed by atoms with van der Waals surface area (Å²) in [6, 6.07) is 7.90. The number of aromatic nitrogens is 6. The Labute approximate surface area is 480 Å². The molecule has 4 fully saturated rings. The van der Waals surface area contributed by atoms with Crippen molar-refractivity contribution in [3.05, 3.63) is 92.5 Å². The zero-order valence-electron chi connectivity index (χ0n) is 46.0. The van der Waals surface area contributed by atoms with E-state index >= 15 is 0 Å². The van der Waals surface area contributed by atoms with Crippen LogP contribution in [-0.2, 0) is 48.9 Å². The van der Waals surface area contributed by atoms with E-state index in [9.17, 15) is 28.9 Å². The van der Waals surface area contributed by atoms with Crippen molar-refractivity contribution in [3.63, 3.8) is 0 Å². The van der Waals surface area contributed by atoms with Crippen LogP contribution < -0.4 is 30.7 Å². The number of halogens is 4. The van der Waals surface area contributed by atoms with Gasteiger partial charge in [-0.15, -0.1) is 0 Å². The van der Waals surface area contributed by atoms with Gasteiger partial charge in [0.05, 0.1) is 64.2 Å². The number of aryl methyl sites for hydroxylation is 1. The topological polar surface area (TPSA) is 255 Å². The van der Waals surface area contributed by atoms with Gasteiger partial charge in [-0.25, -0.2) is 18.7 Å². The van der Waals surface area contributed by atoms with Crippen LogP contribution in [0.5, 0.6) is 12.0 Å². The van der Waals surface area contributed by atoms with E-state index in [1.165, 1.54) is 9.80 Å². The molecule has 22 nitrogen and oxygen atoms in total. The number of rotatable bonds is 16. The van der Waals surface area contributed by atoms with Crippen LogP contribution in [0.1, 0.15) is 77.9 Å². The summed E-state index contributed by atoms with van der Waals surface area (Å²) in [5, 5.41) is 20.0. The number of nitrogens with two attached hydrogens (primary N) is 2. The number of pyridine rings is 2. The highest BCUT2D eigenvalue weighted by atomic mass is 35.5. The number of carbonyl (C=O) groups is 2. The summed E-state index contributed by atoms with van der Waals surface area (Å²) in [6.45, 7) is 16.3. The molecule has 4 aromatic heterocycles. The predicted molar refractivity (Wildman–Crippen MR) is 301 cm³/mol. The van der Waals surface area contributed by atoms with E-state index in [0.717, 1.165) is 72.4 Å². The Morgan fingerprint density at radius 1 is 0.716 bits per heavy atom. The minimum Gasteiger partial charge on any atom is -0.462 e. The highest BCUT2D eigenvalue weighted by molar-refractivity contribution is 6.32. The van der Waals surface area contributed by atoms with Crippen LogP contribution in [-0.4, -0.2) is 175 Å². The number of likely N-dealkylation sites (N-methyl/N-ethyl adjacent to an activating group) is 2. The maximum absolute atomic E-state index is 13.7. The molecule has 430 valence electrons. The lowest BCUT2D eigenvalue weighted by molar-refractivity contribution is -0.132. The molecule has 0 unspecified atom stereocenters. The minimum absolute atomic E-state index is 0.0606. The molecule has 4 saturated heterocycles. The van der Waals surface area contributed by atoms with Gasteiger partial charge in [-0.3, -0.25) is 19.4 Å². The number of nitriles is 2. The molecule has 10 rings (SSSR count). The number of piperazine rings is 2. The summed E-state index contributed by atoms with van der Waals surface area (Å²) < 4.78 is 39.7. The summed E-state index contributed by atoms with van der Waals surface area (Å²) in [6.07, 6.45) is 6.07. The van der Waals surface area contributed by atoms with Gasteiger partial charge in [-0.1, -0.05) is 36.4 Å². The van der Waals surface area contributed by atoms with Crippen LogP contribution >= 0.6 is 23.2 Å². The zero-order chi connectivity index (χ0) is 57.6. The van der Waals surface area contributed by atoms with Crippen molar-refractivity contribution in [3.8, 4) is 24.2 Å². The third-order valence-corrected chi connectivity index (χ3v) is 16.9. The van der Waals surface area contributed by atoms with Crippen molar-refractivity contribution in [2.24, 2.45) is 0 Å². The summed E-state index contributed by atoms with van der Waals surface area (Å²) in [5.41, 5.74) is 18.0. The van der Waals surface area contributed by atoms with Crippen molar-refractivity contribution in [1.82, 2.24) is 59.3 Å². The van der Waals surface area contributed by atoms with Gasteiger partial charge in [0.1, 0.15) is 36.5 Å². The Morgan fingerprint density at radius 2 is 1.21 bits per heavy atom. The van der Waals surface area contributed by atoms with Gasteiger partial charge in [-0.05, 0) is 77.5 Å². The molecule has 0 saturated carbocycles. The third kappa shape index (κ3) is 13.5. The predicted octanol–water partition coefficient (Wildman–Crippen LogP) is 5.33. The van der Waals surface area contributed by atoms with E-state index in [1.54, 1.807) is 18.3 Å². The number of likely N-dealkylation sites (tertiary alicyclic amines) is 2. The van der Waals surface area contributed by atoms with Crippen molar-refractivity contribution >= 4 is 58.3 Å². The van der Waals surface area contributed by atoms with E-state index in [1.807, 2.05) is 16.7 Å². The molecule has 0 bridgehead atoms.